The van der Waals surface area contributed by atoms with Gasteiger partial charge in [-0.05, 0) is 23.8 Å². The Morgan fingerprint density at radius 2 is 2.12 bits per heavy atom. The van der Waals surface area contributed by atoms with Crippen LogP contribution < -0.4 is 5.56 Å². The number of hydrogen-bond donors (Lipinski definition) is 2. The normalized spacial score (nSPS) is 11.3. The zero-order valence-electron chi connectivity index (χ0n) is 8.36. The molecular weight excluding hydrogens is 206 g/mol. The van der Waals surface area contributed by atoms with Gasteiger partial charge in [0.05, 0.1) is 23.8 Å². The summed E-state index contributed by atoms with van der Waals surface area (Å²) < 4.78 is 5.30. The van der Waals surface area contributed by atoms with Crippen molar-refractivity contribution in [2.75, 3.05) is 0 Å². The van der Waals surface area contributed by atoms with Crippen molar-refractivity contribution in [1.82, 2.24) is 4.98 Å². The summed E-state index contributed by atoms with van der Waals surface area (Å²) in [5.41, 5.74) is 1.85. The Bertz CT molecular complexity index is 724. The van der Waals surface area contributed by atoms with E-state index in [2.05, 4.69) is 4.98 Å². The van der Waals surface area contributed by atoms with E-state index < -0.39 is 0 Å². The molecule has 0 spiro atoms. The van der Waals surface area contributed by atoms with Gasteiger partial charge >= 0.3 is 0 Å². The first-order chi connectivity index (χ1) is 7.79. The van der Waals surface area contributed by atoms with Crippen LogP contribution in [0.25, 0.3) is 21.9 Å². The van der Waals surface area contributed by atoms with E-state index >= 15 is 0 Å². The smallest absolute Gasteiger partial charge is 0.259 e. The van der Waals surface area contributed by atoms with Crippen LogP contribution in [0.5, 0.6) is 0 Å². The standard InChI is InChI=1S/C12H9NO3/c14-6-7-1-2-8-10(5-7)13-12(15)9-3-4-16-11(8)9/h1-5,14H,6H2,(H,13,15). The molecule has 0 fully saturated rings. The number of H-pyrrole nitrogens is 1. The number of aliphatic hydroxyl groups excluding tert-OH is 1. The van der Waals surface area contributed by atoms with Crippen molar-refractivity contribution in [2.24, 2.45) is 0 Å². The molecule has 0 saturated heterocycles. The van der Waals surface area contributed by atoms with E-state index in [1.54, 1.807) is 12.1 Å². The Balaban J connectivity index is 2.53. The van der Waals surface area contributed by atoms with Gasteiger partial charge in [-0.15, -0.1) is 0 Å². The van der Waals surface area contributed by atoms with Crippen LogP contribution >= 0.6 is 0 Å². The topological polar surface area (TPSA) is 66.2 Å². The van der Waals surface area contributed by atoms with Crippen molar-refractivity contribution in [3.8, 4) is 0 Å². The van der Waals surface area contributed by atoms with Gasteiger partial charge in [0, 0.05) is 5.39 Å². The Labute approximate surface area is 90.1 Å². The van der Waals surface area contributed by atoms with E-state index in [-0.39, 0.29) is 12.2 Å². The number of benzene rings is 1. The number of furan rings is 1. The van der Waals surface area contributed by atoms with Gasteiger partial charge in [0.2, 0.25) is 0 Å². The summed E-state index contributed by atoms with van der Waals surface area (Å²) >= 11 is 0. The monoisotopic (exact) mass is 215 g/mol. The van der Waals surface area contributed by atoms with E-state index in [4.69, 9.17) is 9.52 Å². The van der Waals surface area contributed by atoms with Crippen molar-refractivity contribution < 1.29 is 9.52 Å². The van der Waals surface area contributed by atoms with E-state index in [1.807, 2.05) is 12.1 Å². The van der Waals surface area contributed by atoms with E-state index in [9.17, 15) is 4.79 Å². The second-order valence-electron chi connectivity index (χ2n) is 3.66. The number of rotatable bonds is 1. The molecule has 0 atom stereocenters. The minimum Gasteiger partial charge on any atom is -0.463 e. The Morgan fingerprint density at radius 1 is 1.25 bits per heavy atom. The average Bonchev–Trinajstić information content (AvgIpc) is 2.78. The lowest BCUT2D eigenvalue weighted by Gasteiger charge is -2.01. The van der Waals surface area contributed by atoms with E-state index in [1.165, 1.54) is 6.26 Å². The van der Waals surface area contributed by atoms with Gasteiger partial charge in [-0.2, -0.15) is 0 Å². The summed E-state index contributed by atoms with van der Waals surface area (Å²) in [6.45, 7) is -0.0475. The van der Waals surface area contributed by atoms with Crippen molar-refractivity contribution in [3.63, 3.8) is 0 Å². The van der Waals surface area contributed by atoms with Crippen LogP contribution in [-0.2, 0) is 6.61 Å². The zero-order valence-corrected chi connectivity index (χ0v) is 8.36. The summed E-state index contributed by atoms with van der Waals surface area (Å²) in [4.78, 5) is 14.4. The fraction of sp³-hybridized carbons (Fsp3) is 0.0833. The Morgan fingerprint density at radius 3 is 2.94 bits per heavy atom. The third-order valence-corrected chi connectivity index (χ3v) is 2.67. The lowest BCUT2D eigenvalue weighted by atomic mass is 10.1. The summed E-state index contributed by atoms with van der Waals surface area (Å²) in [5.74, 6) is 0. The molecule has 0 amide bonds. The molecule has 0 saturated carbocycles. The molecule has 16 heavy (non-hydrogen) atoms. The molecule has 0 radical (unpaired) electrons. The largest absolute Gasteiger partial charge is 0.463 e. The van der Waals surface area contributed by atoms with E-state index in [0.29, 0.717) is 16.5 Å². The van der Waals surface area contributed by atoms with Gasteiger partial charge in [0.25, 0.3) is 5.56 Å². The third kappa shape index (κ3) is 1.17. The number of fused-ring (bicyclic) bond motifs is 3. The minimum atomic E-state index is -0.175. The molecule has 4 nitrogen and oxygen atoms in total. The number of aromatic amines is 1. The van der Waals surface area contributed by atoms with E-state index in [0.717, 1.165) is 10.9 Å². The Kier molecular flexibility index (Phi) is 1.84. The summed E-state index contributed by atoms with van der Waals surface area (Å²) in [7, 11) is 0. The van der Waals surface area contributed by atoms with Crippen molar-refractivity contribution in [3.05, 3.63) is 46.4 Å². The maximum absolute atomic E-state index is 11.7. The van der Waals surface area contributed by atoms with Gasteiger partial charge in [0.15, 0.2) is 0 Å². The second kappa shape index (κ2) is 3.21. The quantitative estimate of drug-likeness (QED) is 0.650. The molecule has 2 aromatic heterocycles. The molecule has 3 rings (SSSR count). The SMILES string of the molecule is O=c1[nH]c2cc(CO)ccc2c2occc12. The highest BCUT2D eigenvalue weighted by atomic mass is 16.3. The predicted molar refractivity (Wildman–Crippen MR) is 60.3 cm³/mol. The molecule has 0 bridgehead atoms. The summed E-state index contributed by atoms with van der Waals surface area (Å²) in [6, 6.07) is 7.04. The molecule has 0 aliphatic carbocycles. The molecule has 1 aromatic carbocycles. The zero-order chi connectivity index (χ0) is 11.1. The Hall–Kier alpha value is -2.07. The number of nitrogens with one attached hydrogen (secondary N) is 1. The fourth-order valence-corrected chi connectivity index (χ4v) is 1.88. The molecule has 0 unspecified atom stereocenters. The molecular formula is C12H9NO3. The predicted octanol–water partition coefficient (Wildman–Crippen LogP) is 1.77. The summed E-state index contributed by atoms with van der Waals surface area (Å²) in [5, 5.41) is 10.4. The van der Waals surface area contributed by atoms with Crippen LogP contribution in [0.2, 0.25) is 0 Å². The first-order valence-electron chi connectivity index (χ1n) is 4.92. The minimum absolute atomic E-state index is 0.0475. The first kappa shape index (κ1) is 9.18. The lowest BCUT2D eigenvalue weighted by Crippen LogP contribution is -2.04. The number of pyridine rings is 1. The van der Waals surface area contributed by atoms with Crippen LogP contribution in [0.1, 0.15) is 5.56 Å². The molecule has 0 aliphatic heterocycles. The highest BCUT2D eigenvalue weighted by molar-refractivity contribution is 6.01. The first-order valence-corrected chi connectivity index (χ1v) is 4.92. The van der Waals surface area contributed by atoms with Crippen molar-refractivity contribution in [1.29, 1.82) is 0 Å². The number of aliphatic hydroxyl groups is 1. The van der Waals surface area contributed by atoms with Gasteiger partial charge in [-0.3, -0.25) is 4.79 Å². The van der Waals surface area contributed by atoms with Gasteiger partial charge in [0.1, 0.15) is 5.58 Å². The van der Waals surface area contributed by atoms with Gasteiger partial charge < -0.3 is 14.5 Å². The molecule has 0 aliphatic rings. The molecule has 3 aromatic rings. The number of aromatic nitrogens is 1. The fourth-order valence-electron chi connectivity index (χ4n) is 1.88. The van der Waals surface area contributed by atoms with Gasteiger partial charge in [-0.25, -0.2) is 0 Å². The van der Waals surface area contributed by atoms with Gasteiger partial charge in [-0.1, -0.05) is 6.07 Å². The van der Waals surface area contributed by atoms with Crippen LogP contribution in [0, 0.1) is 0 Å². The van der Waals surface area contributed by atoms with Crippen LogP contribution in [-0.4, -0.2) is 10.1 Å². The van der Waals surface area contributed by atoms with Crippen LogP contribution in [0.4, 0.5) is 0 Å². The molecule has 2 N–H and O–H groups in total. The lowest BCUT2D eigenvalue weighted by molar-refractivity contribution is 0.282. The van der Waals surface area contributed by atoms with Crippen LogP contribution in [0.3, 0.4) is 0 Å². The maximum Gasteiger partial charge on any atom is 0.259 e. The molecule has 4 heteroatoms. The molecule has 80 valence electrons. The second-order valence-corrected chi connectivity index (χ2v) is 3.66. The van der Waals surface area contributed by atoms with Crippen molar-refractivity contribution in [2.45, 2.75) is 6.61 Å². The highest BCUT2D eigenvalue weighted by Crippen LogP contribution is 2.22. The average molecular weight is 215 g/mol. The van der Waals surface area contributed by atoms with Crippen LogP contribution in [0.15, 0.2) is 39.7 Å². The number of hydrogen-bond acceptors (Lipinski definition) is 3. The third-order valence-electron chi connectivity index (χ3n) is 2.67. The summed E-state index contributed by atoms with van der Waals surface area (Å²) in [6.07, 6.45) is 1.50. The molecule has 2 heterocycles. The maximum atomic E-state index is 11.7. The highest BCUT2D eigenvalue weighted by Gasteiger charge is 2.07. The van der Waals surface area contributed by atoms with Crippen molar-refractivity contribution >= 4 is 21.9 Å².